The Hall–Kier alpha value is -1.11. The standard InChI is InChI=1S/C12H14F3NO2S/c13-12(14,15)9-4-2-1-3-8(9)11(17)18-7-10-16-5-6-19-10/h5-6,8-9H,1-4,7H2/t8-,9-/m1/s1. The van der Waals surface area contributed by atoms with Gasteiger partial charge < -0.3 is 4.74 Å². The summed E-state index contributed by atoms with van der Waals surface area (Å²) in [5, 5.41) is 2.31. The monoisotopic (exact) mass is 293 g/mol. The van der Waals surface area contributed by atoms with Crippen LogP contribution in [0.25, 0.3) is 0 Å². The number of rotatable bonds is 3. The Balaban J connectivity index is 1.95. The molecule has 0 unspecified atom stereocenters. The van der Waals surface area contributed by atoms with Crippen molar-refractivity contribution in [2.24, 2.45) is 11.8 Å². The highest BCUT2D eigenvalue weighted by Gasteiger charge is 2.48. The lowest BCUT2D eigenvalue weighted by Gasteiger charge is -2.31. The number of ether oxygens (including phenoxy) is 1. The first-order valence-corrected chi connectivity index (χ1v) is 6.98. The second-order valence-corrected chi connectivity index (χ2v) is 5.55. The van der Waals surface area contributed by atoms with Crippen molar-refractivity contribution in [3.05, 3.63) is 16.6 Å². The van der Waals surface area contributed by atoms with Crippen molar-refractivity contribution >= 4 is 17.3 Å². The van der Waals surface area contributed by atoms with Gasteiger partial charge in [-0.1, -0.05) is 12.8 Å². The Morgan fingerprint density at radius 1 is 1.42 bits per heavy atom. The molecular weight excluding hydrogens is 279 g/mol. The SMILES string of the molecule is O=C(OCc1nccs1)[C@@H]1CCCC[C@H]1C(F)(F)F. The van der Waals surface area contributed by atoms with Crippen molar-refractivity contribution < 1.29 is 22.7 Å². The summed E-state index contributed by atoms with van der Waals surface area (Å²) in [4.78, 5) is 15.7. The molecule has 1 heterocycles. The van der Waals surface area contributed by atoms with Crippen LogP contribution in [0.2, 0.25) is 0 Å². The molecule has 0 saturated heterocycles. The maximum Gasteiger partial charge on any atom is 0.392 e. The molecule has 1 saturated carbocycles. The molecule has 0 aromatic carbocycles. The molecule has 19 heavy (non-hydrogen) atoms. The fraction of sp³-hybridized carbons (Fsp3) is 0.667. The zero-order chi connectivity index (χ0) is 13.9. The van der Waals surface area contributed by atoms with E-state index in [1.54, 1.807) is 11.6 Å². The van der Waals surface area contributed by atoms with Crippen LogP contribution >= 0.6 is 11.3 Å². The molecular formula is C12H14F3NO2S. The number of carbonyl (C=O) groups excluding carboxylic acids is 1. The highest BCUT2D eigenvalue weighted by molar-refractivity contribution is 7.09. The molecule has 1 fully saturated rings. The minimum Gasteiger partial charge on any atom is -0.458 e. The molecule has 1 aliphatic rings. The first kappa shape index (κ1) is 14.3. The number of thiazole rings is 1. The highest BCUT2D eigenvalue weighted by atomic mass is 32.1. The van der Waals surface area contributed by atoms with Gasteiger partial charge in [0, 0.05) is 11.6 Å². The van der Waals surface area contributed by atoms with Gasteiger partial charge in [-0.25, -0.2) is 4.98 Å². The second-order valence-electron chi connectivity index (χ2n) is 4.57. The van der Waals surface area contributed by atoms with Gasteiger partial charge in [-0.15, -0.1) is 11.3 Å². The van der Waals surface area contributed by atoms with E-state index in [1.165, 1.54) is 11.3 Å². The van der Waals surface area contributed by atoms with E-state index in [1.807, 2.05) is 0 Å². The van der Waals surface area contributed by atoms with Crippen molar-refractivity contribution in [1.82, 2.24) is 4.98 Å². The summed E-state index contributed by atoms with van der Waals surface area (Å²) in [7, 11) is 0. The van der Waals surface area contributed by atoms with Crippen LogP contribution in [0, 0.1) is 11.8 Å². The summed E-state index contributed by atoms with van der Waals surface area (Å²) in [6.07, 6.45) is -1.34. The number of hydrogen-bond donors (Lipinski definition) is 0. The zero-order valence-corrected chi connectivity index (χ0v) is 11.0. The summed E-state index contributed by atoms with van der Waals surface area (Å²) in [5.74, 6) is -3.38. The minimum atomic E-state index is -4.33. The predicted octanol–water partition coefficient (Wildman–Crippen LogP) is 3.56. The van der Waals surface area contributed by atoms with Gasteiger partial charge in [0.25, 0.3) is 0 Å². The van der Waals surface area contributed by atoms with Gasteiger partial charge in [0.2, 0.25) is 0 Å². The van der Waals surface area contributed by atoms with Gasteiger partial charge in [0.05, 0.1) is 11.8 Å². The first-order chi connectivity index (χ1) is 8.98. The third kappa shape index (κ3) is 3.68. The molecule has 1 aromatic heterocycles. The number of nitrogens with zero attached hydrogens (tertiary/aromatic N) is 1. The Labute approximate surface area is 112 Å². The summed E-state index contributed by atoms with van der Waals surface area (Å²) in [5.41, 5.74) is 0. The molecule has 2 atom stereocenters. The molecule has 7 heteroatoms. The average Bonchev–Trinajstić information content (AvgIpc) is 2.88. The number of alkyl halides is 3. The summed E-state index contributed by atoms with van der Waals surface area (Å²) < 4.78 is 43.5. The maximum absolute atomic E-state index is 12.8. The van der Waals surface area contributed by atoms with Crippen LogP contribution < -0.4 is 0 Å². The lowest BCUT2D eigenvalue weighted by Crippen LogP contribution is -2.38. The predicted molar refractivity (Wildman–Crippen MR) is 63.4 cm³/mol. The Kier molecular flexibility index (Phi) is 4.44. The third-order valence-corrected chi connectivity index (χ3v) is 4.06. The molecule has 2 rings (SSSR count). The van der Waals surface area contributed by atoms with E-state index in [9.17, 15) is 18.0 Å². The molecule has 0 N–H and O–H groups in total. The van der Waals surface area contributed by atoms with E-state index in [0.29, 0.717) is 17.8 Å². The largest absolute Gasteiger partial charge is 0.458 e. The second kappa shape index (κ2) is 5.90. The van der Waals surface area contributed by atoms with E-state index in [0.717, 1.165) is 0 Å². The average molecular weight is 293 g/mol. The molecule has 1 aliphatic carbocycles. The number of halogens is 3. The van der Waals surface area contributed by atoms with Gasteiger partial charge in [0.15, 0.2) is 0 Å². The van der Waals surface area contributed by atoms with E-state index < -0.39 is 24.0 Å². The highest BCUT2D eigenvalue weighted by Crippen LogP contribution is 2.42. The summed E-state index contributed by atoms with van der Waals surface area (Å²) in [6, 6.07) is 0. The topological polar surface area (TPSA) is 39.2 Å². The molecule has 0 radical (unpaired) electrons. The fourth-order valence-electron chi connectivity index (χ4n) is 2.37. The number of carbonyl (C=O) groups is 1. The fourth-order valence-corrected chi connectivity index (χ4v) is 2.90. The Bertz CT molecular complexity index is 419. The van der Waals surface area contributed by atoms with E-state index in [2.05, 4.69) is 4.98 Å². The van der Waals surface area contributed by atoms with Crippen molar-refractivity contribution in [2.75, 3.05) is 0 Å². The minimum absolute atomic E-state index is 0.0144. The number of hydrogen-bond acceptors (Lipinski definition) is 4. The number of esters is 1. The quantitative estimate of drug-likeness (QED) is 0.800. The lowest BCUT2D eigenvalue weighted by molar-refractivity contribution is -0.205. The maximum atomic E-state index is 12.8. The summed E-state index contributed by atoms with van der Waals surface area (Å²) >= 11 is 1.31. The van der Waals surface area contributed by atoms with E-state index in [4.69, 9.17) is 4.74 Å². The van der Waals surface area contributed by atoms with Gasteiger partial charge in [0.1, 0.15) is 11.6 Å². The molecule has 0 amide bonds. The molecule has 0 spiro atoms. The van der Waals surface area contributed by atoms with Crippen LogP contribution in [0.3, 0.4) is 0 Å². The van der Waals surface area contributed by atoms with Crippen molar-refractivity contribution in [3.8, 4) is 0 Å². The smallest absolute Gasteiger partial charge is 0.392 e. The molecule has 0 bridgehead atoms. The molecule has 106 valence electrons. The molecule has 1 aromatic rings. The molecule has 3 nitrogen and oxygen atoms in total. The van der Waals surface area contributed by atoms with Gasteiger partial charge in [-0.2, -0.15) is 13.2 Å². The van der Waals surface area contributed by atoms with Crippen LogP contribution in [-0.4, -0.2) is 17.1 Å². The third-order valence-electron chi connectivity index (χ3n) is 3.31. The normalized spacial score (nSPS) is 24.2. The van der Waals surface area contributed by atoms with Crippen LogP contribution in [0.15, 0.2) is 11.6 Å². The van der Waals surface area contributed by atoms with E-state index in [-0.39, 0.29) is 19.4 Å². The van der Waals surface area contributed by atoms with Crippen LogP contribution in [-0.2, 0) is 16.1 Å². The first-order valence-electron chi connectivity index (χ1n) is 6.10. The van der Waals surface area contributed by atoms with Gasteiger partial charge in [-0.3, -0.25) is 4.79 Å². The van der Waals surface area contributed by atoms with Crippen LogP contribution in [0.4, 0.5) is 13.2 Å². The van der Waals surface area contributed by atoms with Crippen molar-refractivity contribution in [1.29, 1.82) is 0 Å². The van der Waals surface area contributed by atoms with Crippen LogP contribution in [0.5, 0.6) is 0 Å². The Morgan fingerprint density at radius 2 is 2.16 bits per heavy atom. The molecule has 0 aliphatic heterocycles. The lowest BCUT2D eigenvalue weighted by atomic mass is 9.79. The zero-order valence-electron chi connectivity index (χ0n) is 10.2. The van der Waals surface area contributed by atoms with Crippen molar-refractivity contribution in [2.45, 2.75) is 38.5 Å². The number of aromatic nitrogens is 1. The summed E-state index contributed by atoms with van der Waals surface area (Å²) in [6.45, 7) is -0.0441. The van der Waals surface area contributed by atoms with Gasteiger partial charge in [-0.05, 0) is 12.8 Å². The Morgan fingerprint density at radius 3 is 2.79 bits per heavy atom. The van der Waals surface area contributed by atoms with Crippen molar-refractivity contribution in [3.63, 3.8) is 0 Å². The van der Waals surface area contributed by atoms with Crippen LogP contribution in [0.1, 0.15) is 30.7 Å². The van der Waals surface area contributed by atoms with E-state index >= 15 is 0 Å². The van der Waals surface area contributed by atoms with Gasteiger partial charge >= 0.3 is 12.1 Å².